The van der Waals surface area contributed by atoms with Crippen LogP contribution in [0.5, 0.6) is 0 Å². The summed E-state index contributed by atoms with van der Waals surface area (Å²) in [6, 6.07) is 5.21. The van der Waals surface area contributed by atoms with Gasteiger partial charge in [-0.05, 0) is 35.1 Å². The van der Waals surface area contributed by atoms with Gasteiger partial charge >= 0.3 is 0 Å². The molecule has 0 aliphatic carbocycles. The average Bonchev–Trinajstić information content (AvgIpc) is 2.83. The molecule has 0 unspecified atom stereocenters. The first-order valence-electron chi connectivity index (χ1n) is 5.79. The van der Waals surface area contributed by atoms with Crippen molar-refractivity contribution in [3.8, 4) is 0 Å². The molecule has 0 radical (unpaired) electrons. The smallest absolute Gasteiger partial charge is 0.180 e. The molecule has 0 fully saturated rings. The minimum atomic E-state index is -0.0475. The molecule has 0 saturated heterocycles. The van der Waals surface area contributed by atoms with E-state index in [0.29, 0.717) is 20.5 Å². The number of aromatic nitrogens is 2. The Balaban J connectivity index is 2.29. The number of carbonyl (C=O) groups is 1. The lowest BCUT2D eigenvalue weighted by Crippen LogP contribution is -2.06. The van der Waals surface area contributed by atoms with Crippen LogP contribution < -0.4 is 0 Å². The topological polar surface area (TPSA) is 42.9 Å². The number of nitrogens with zero attached hydrogens (tertiary/aromatic N) is 2. The zero-order valence-corrected chi connectivity index (χ0v) is 12.8. The van der Waals surface area contributed by atoms with Crippen LogP contribution in [0.15, 0.2) is 18.2 Å². The third-order valence-electron chi connectivity index (χ3n) is 2.71. The second kappa shape index (κ2) is 5.99. The summed E-state index contributed by atoms with van der Waals surface area (Å²) in [6.07, 6.45) is 0.169. The van der Waals surface area contributed by atoms with Crippen molar-refractivity contribution >= 4 is 40.5 Å². The summed E-state index contributed by atoms with van der Waals surface area (Å²) in [7, 11) is 0. The highest BCUT2D eigenvalue weighted by Gasteiger charge is 2.20. The molecule has 6 heteroatoms. The molecule has 0 atom stereocenters. The van der Waals surface area contributed by atoms with Crippen molar-refractivity contribution in [3.63, 3.8) is 0 Å². The first-order chi connectivity index (χ1) is 9.00. The molecule has 1 heterocycles. The summed E-state index contributed by atoms with van der Waals surface area (Å²) in [5.74, 6) is 0.119. The van der Waals surface area contributed by atoms with Gasteiger partial charge < -0.3 is 0 Å². The summed E-state index contributed by atoms with van der Waals surface area (Å²) in [6.45, 7) is 3.96. The molecule has 0 aliphatic rings. The van der Waals surface area contributed by atoms with Crippen LogP contribution in [0.25, 0.3) is 0 Å². The minimum Gasteiger partial charge on any atom is -0.293 e. The standard InChI is InChI=1S/C13H12Cl2N2OS/c1-7(2)12-13(19-17-16-12)11(18)6-8-9(14)4-3-5-10(8)15/h3-5,7H,6H2,1-2H3. The van der Waals surface area contributed by atoms with Crippen LogP contribution in [0.1, 0.15) is 40.7 Å². The SMILES string of the molecule is CC(C)c1nnsc1C(=O)Cc1c(Cl)cccc1Cl. The van der Waals surface area contributed by atoms with E-state index in [1.807, 2.05) is 13.8 Å². The van der Waals surface area contributed by atoms with Gasteiger partial charge in [0.25, 0.3) is 0 Å². The Bertz CT molecular complexity index is 590. The molecular formula is C13H12Cl2N2OS. The second-order valence-electron chi connectivity index (χ2n) is 4.44. The van der Waals surface area contributed by atoms with Crippen molar-refractivity contribution in [2.75, 3.05) is 0 Å². The van der Waals surface area contributed by atoms with E-state index in [4.69, 9.17) is 23.2 Å². The van der Waals surface area contributed by atoms with E-state index in [0.717, 1.165) is 17.2 Å². The Hall–Kier alpha value is -0.970. The summed E-state index contributed by atoms with van der Waals surface area (Å²) in [5, 5.41) is 5.01. The van der Waals surface area contributed by atoms with E-state index in [9.17, 15) is 4.79 Å². The quantitative estimate of drug-likeness (QED) is 0.786. The number of benzene rings is 1. The highest BCUT2D eigenvalue weighted by molar-refractivity contribution is 7.08. The fraction of sp³-hybridized carbons (Fsp3) is 0.308. The number of ketones is 1. The van der Waals surface area contributed by atoms with Crippen LogP contribution in [0.2, 0.25) is 10.0 Å². The Morgan fingerprint density at radius 3 is 2.53 bits per heavy atom. The fourth-order valence-corrected chi connectivity index (χ4v) is 3.00. The first kappa shape index (κ1) is 14.4. The molecular weight excluding hydrogens is 303 g/mol. The number of hydrogen-bond donors (Lipinski definition) is 0. The Morgan fingerprint density at radius 2 is 1.95 bits per heavy atom. The number of hydrogen-bond acceptors (Lipinski definition) is 4. The van der Waals surface area contributed by atoms with Crippen LogP contribution in [0.4, 0.5) is 0 Å². The second-order valence-corrected chi connectivity index (χ2v) is 6.01. The number of rotatable bonds is 4. The highest BCUT2D eigenvalue weighted by atomic mass is 35.5. The van der Waals surface area contributed by atoms with Crippen molar-refractivity contribution in [2.45, 2.75) is 26.2 Å². The van der Waals surface area contributed by atoms with Gasteiger partial charge in [-0.15, -0.1) is 5.10 Å². The van der Waals surface area contributed by atoms with Gasteiger partial charge in [-0.1, -0.05) is 47.6 Å². The number of halogens is 2. The normalized spacial score (nSPS) is 11.0. The van der Waals surface area contributed by atoms with Crippen LogP contribution in [-0.2, 0) is 6.42 Å². The van der Waals surface area contributed by atoms with E-state index in [-0.39, 0.29) is 18.1 Å². The van der Waals surface area contributed by atoms with Gasteiger partial charge in [0.1, 0.15) is 4.88 Å². The lowest BCUT2D eigenvalue weighted by molar-refractivity contribution is 0.0995. The molecule has 3 nitrogen and oxygen atoms in total. The number of carbonyl (C=O) groups excluding carboxylic acids is 1. The summed E-state index contributed by atoms with van der Waals surface area (Å²) in [4.78, 5) is 12.9. The zero-order valence-electron chi connectivity index (χ0n) is 10.5. The van der Waals surface area contributed by atoms with E-state index >= 15 is 0 Å². The molecule has 2 rings (SSSR count). The summed E-state index contributed by atoms with van der Waals surface area (Å²) < 4.78 is 3.86. The third-order valence-corrected chi connectivity index (χ3v) is 4.20. The monoisotopic (exact) mass is 314 g/mol. The average molecular weight is 315 g/mol. The molecule has 0 saturated carbocycles. The maximum absolute atomic E-state index is 12.3. The predicted octanol–water partition coefficient (Wildman–Crippen LogP) is 4.39. The van der Waals surface area contributed by atoms with Crippen molar-refractivity contribution in [1.29, 1.82) is 0 Å². The molecule has 0 bridgehead atoms. The van der Waals surface area contributed by atoms with Crippen LogP contribution >= 0.6 is 34.7 Å². The van der Waals surface area contributed by atoms with Crippen LogP contribution in [0, 0.1) is 0 Å². The number of Topliss-reactive ketones (excluding diaryl/α,β-unsaturated/α-hetero) is 1. The van der Waals surface area contributed by atoms with Crippen LogP contribution in [0.3, 0.4) is 0 Å². The molecule has 0 amide bonds. The summed E-state index contributed by atoms with van der Waals surface area (Å²) >= 11 is 13.3. The highest BCUT2D eigenvalue weighted by Crippen LogP contribution is 2.27. The largest absolute Gasteiger partial charge is 0.293 e. The Kier molecular flexibility index (Phi) is 4.55. The van der Waals surface area contributed by atoms with Gasteiger partial charge in [0, 0.05) is 16.5 Å². The van der Waals surface area contributed by atoms with Gasteiger partial charge in [-0.25, -0.2) is 0 Å². The molecule has 1 aromatic heterocycles. The fourth-order valence-electron chi connectivity index (χ4n) is 1.71. The molecule has 2 aromatic rings. The van der Waals surface area contributed by atoms with Gasteiger partial charge in [0.05, 0.1) is 5.69 Å². The predicted molar refractivity (Wildman–Crippen MR) is 78.5 cm³/mol. The summed E-state index contributed by atoms with van der Waals surface area (Å²) in [5.41, 5.74) is 1.39. The molecule has 0 N–H and O–H groups in total. The van der Waals surface area contributed by atoms with Crippen molar-refractivity contribution in [3.05, 3.63) is 44.4 Å². The van der Waals surface area contributed by atoms with Gasteiger partial charge in [-0.2, -0.15) is 0 Å². The minimum absolute atomic E-state index is 0.0475. The van der Waals surface area contributed by atoms with E-state index in [2.05, 4.69) is 9.59 Å². The van der Waals surface area contributed by atoms with Gasteiger partial charge in [0.15, 0.2) is 5.78 Å². The Morgan fingerprint density at radius 1 is 1.32 bits per heavy atom. The lowest BCUT2D eigenvalue weighted by Gasteiger charge is -2.06. The maximum Gasteiger partial charge on any atom is 0.180 e. The molecule has 1 aromatic carbocycles. The van der Waals surface area contributed by atoms with Crippen LogP contribution in [-0.4, -0.2) is 15.4 Å². The first-order valence-corrected chi connectivity index (χ1v) is 7.32. The van der Waals surface area contributed by atoms with Crippen molar-refractivity contribution in [2.24, 2.45) is 0 Å². The molecule has 19 heavy (non-hydrogen) atoms. The molecule has 0 spiro atoms. The zero-order chi connectivity index (χ0) is 14.0. The lowest BCUT2D eigenvalue weighted by atomic mass is 10.0. The maximum atomic E-state index is 12.3. The molecule has 0 aliphatic heterocycles. The Labute approximate surface area is 125 Å². The third kappa shape index (κ3) is 3.14. The van der Waals surface area contributed by atoms with Gasteiger partial charge in [0.2, 0.25) is 0 Å². The van der Waals surface area contributed by atoms with E-state index in [1.54, 1.807) is 18.2 Å². The van der Waals surface area contributed by atoms with Crippen molar-refractivity contribution in [1.82, 2.24) is 9.59 Å². The van der Waals surface area contributed by atoms with Crippen molar-refractivity contribution < 1.29 is 4.79 Å². The molecule has 100 valence electrons. The van der Waals surface area contributed by atoms with Gasteiger partial charge in [-0.3, -0.25) is 4.79 Å². The van der Waals surface area contributed by atoms with E-state index < -0.39 is 0 Å². The van der Waals surface area contributed by atoms with E-state index in [1.165, 1.54) is 0 Å².